The normalized spacial score (nSPS) is 12.0. The van der Waals surface area contributed by atoms with Crippen LogP contribution in [0.5, 0.6) is 5.75 Å². The molecule has 1 aromatic carbocycles. The summed E-state index contributed by atoms with van der Waals surface area (Å²) in [5.41, 5.74) is 0.897. The standard InChI is InChI=1S/C14H15ClN2O2S/c1-9-8-11(15)4-5-12(9)19-10(2)13(18)17(3)14-16-6-7-20-14/h4-8,10H,1-3H3. The zero-order chi connectivity index (χ0) is 14.7. The van der Waals surface area contributed by atoms with E-state index in [0.29, 0.717) is 15.9 Å². The SMILES string of the molecule is Cc1cc(Cl)ccc1OC(C)C(=O)N(C)c1nccs1. The lowest BCUT2D eigenvalue weighted by atomic mass is 10.2. The fourth-order valence-electron chi connectivity index (χ4n) is 1.73. The first kappa shape index (κ1) is 14.8. The van der Waals surface area contributed by atoms with Crippen LogP contribution in [0.15, 0.2) is 29.8 Å². The van der Waals surface area contributed by atoms with Crippen LogP contribution in [0, 0.1) is 6.92 Å². The summed E-state index contributed by atoms with van der Waals surface area (Å²) in [4.78, 5) is 17.9. The molecule has 0 radical (unpaired) electrons. The molecule has 0 saturated carbocycles. The van der Waals surface area contributed by atoms with Crippen LogP contribution in [0.1, 0.15) is 12.5 Å². The molecule has 1 atom stereocenters. The smallest absolute Gasteiger partial charge is 0.269 e. The summed E-state index contributed by atoms with van der Waals surface area (Å²) in [6.45, 7) is 3.61. The van der Waals surface area contributed by atoms with Crippen LogP contribution in [-0.4, -0.2) is 24.0 Å². The monoisotopic (exact) mass is 310 g/mol. The number of likely N-dealkylation sites (N-methyl/N-ethyl adjacent to an activating group) is 1. The summed E-state index contributed by atoms with van der Waals surface area (Å²) >= 11 is 7.31. The van der Waals surface area contributed by atoms with Gasteiger partial charge in [0.05, 0.1) is 0 Å². The van der Waals surface area contributed by atoms with Crippen LogP contribution in [0.4, 0.5) is 5.13 Å². The molecule has 0 saturated heterocycles. The number of carbonyl (C=O) groups excluding carboxylic acids is 1. The van der Waals surface area contributed by atoms with Gasteiger partial charge in [0.15, 0.2) is 11.2 Å². The van der Waals surface area contributed by atoms with E-state index >= 15 is 0 Å². The minimum absolute atomic E-state index is 0.144. The summed E-state index contributed by atoms with van der Waals surface area (Å²) in [6, 6.07) is 5.31. The first-order valence-electron chi connectivity index (χ1n) is 6.09. The number of carbonyl (C=O) groups is 1. The lowest BCUT2D eigenvalue weighted by Crippen LogP contribution is -2.38. The molecule has 0 N–H and O–H groups in total. The molecular formula is C14H15ClN2O2S. The second-order valence-electron chi connectivity index (χ2n) is 4.38. The Balaban J connectivity index is 2.07. The van der Waals surface area contributed by atoms with E-state index in [1.54, 1.807) is 38.4 Å². The Labute approximate surface area is 127 Å². The highest BCUT2D eigenvalue weighted by atomic mass is 35.5. The third-order valence-corrected chi connectivity index (χ3v) is 3.91. The number of aromatic nitrogens is 1. The van der Waals surface area contributed by atoms with Crippen molar-refractivity contribution in [2.75, 3.05) is 11.9 Å². The topological polar surface area (TPSA) is 42.4 Å². The van der Waals surface area contributed by atoms with Crippen molar-refractivity contribution in [3.63, 3.8) is 0 Å². The van der Waals surface area contributed by atoms with E-state index in [1.165, 1.54) is 16.2 Å². The first-order valence-corrected chi connectivity index (χ1v) is 7.34. The Bertz CT molecular complexity index is 601. The number of nitrogens with zero attached hydrogens (tertiary/aromatic N) is 2. The third kappa shape index (κ3) is 3.29. The predicted octanol–water partition coefficient (Wildman–Crippen LogP) is 3.54. The molecule has 106 valence electrons. The maximum Gasteiger partial charge on any atom is 0.269 e. The van der Waals surface area contributed by atoms with Crippen molar-refractivity contribution in [1.29, 1.82) is 0 Å². The van der Waals surface area contributed by atoms with E-state index < -0.39 is 6.10 Å². The average Bonchev–Trinajstić information content (AvgIpc) is 2.94. The van der Waals surface area contributed by atoms with Gasteiger partial charge in [-0.15, -0.1) is 11.3 Å². The fourth-order valence-corrected chi connectivity index (χ4v) is 2.57. The number of benzene rings is 1. The molecule has 1 aromatic heterocycles. The van der Waals surface area contributed by atoms with Gasteiger partial charge in [-0.05, 0) is 37.6 Å². The minimum Gasteiger partial charge on any atom is -0.481 e. The molecule has 0 aliphatic heterocycles. The number of halogens is 1. The summed E-state index contributed by atoms with van der Waals surface area (Å²) < 4.78 is 5.71. The third-order valence-electron chi connectivity index (χ3n) is 2.83. The highest BCUT2D eigenvalue weighted by Gasteiger charge is 2.22. The van der Waals surface area contributed by atoms with Gasteiger partial charge in [0.2, 0.25) is 0 Å². The molecule has 0 spiro atoms. The molecule has 1 unspecified atom stereocenters. The van der Waals surface area contributed by atoms with E-state index in [9.17, 15) is 4.79 Å². The number of anilines is 1. The maximum atomic E-state index is 12.3. The van der Waals surface area contributed by atoms with Gasteiger partial charge in [0, 0.05) is 23.6 Å². The van der Waals surface area contributed by atoms with Crippen LogP contribution in [0.2, 0.25) is 5.02 Å². The van der Waals surface area contributed by atoms with Gasteiger partial charge >= 0.3 is 0 Å². The van der Waals surface area contributed by atoms with Gasteiger partial charge in [-0.1, -0.05) is 11.6 Å². The summed E-state index contributed by atoms with van der Waals surface area (Å²) in [5, 5.41) is 3.13. The molecule has 1 amide bonds. The minimum atomic E-state index is -0.594. The van der Waals surface area contributed by atoms with E-state index in [1.807, 2.05) is 12.3 Å². The number of rotatable bonds is 4. The number of hydrogen-bond acceptors (Lipinski definition) is 4. The number of aryl methyl sites for hydroxylation is 1. The molecule has 1 heterocycles. The Morgan fingerprint density at radius 3 is 2.85 bits per heavy atom. The van der Waals surface area contributed by atoms with Crippen molar-refractivity contribution in [2.45, 2.75) is 20.0 Å². The van der Waals surface area contributed by atoms with Crippen LogP contribution in [0.3, 0.4) is 0 Å². The molecule has 0 aliphatic rings. The second kappa shape index (κ2) is 6.24. The first-order chi connectivity index (χ1) is 9.49. The van der Waals surface area contributed by atoms with Gasteiger partial charge in [-0.3, -0.25) is 9.69 Å². The Morgan fingerprint density at radius 1 is 1.50 bits per heavy atom. The average molecular weight is 311 g/mol. The Morgan fingerprint density at radius 2 is 2.25 bits per heavy atom. The van der Waals surface area contributed by atoms with Crippen molar-refractivity contribution >= 4 is 34.0 Å². The Kier molecular flexibility index (Phi) is 4.62. The van der Waals surface area contributed by atoms with Crippen molar-refractivity contribution in [3.8, 4) is 5.75 Å². The molecule has 0 fully saturated rings. The quantitative estimate of drug-likeness (QED) is 0.867. The van der Waals surface area contributed by atoms with Gasteiger partial charge in [0.1, 0.15) is 5.75 Å². The van der Waals surface area contributed by atoms with E-state index in [2.05, 4.69) is 4.98 Å². The largest absolute Gasteiger partial charge is 0.481 e. The molecule has 0 bridgehead atoms. The number of hydrogen-bond donors (Lipinski definition) is 0. The predicted molar refractivity (Wildman–Crippen MR) is 81.8 cm³/mol. The Hall–Kier alpha value is -1.59. The molecule has 2 rings (SSSR count). The number of thiazole rings is 1. The number of amides is 1. The summed E-state index contributed by atoms with van der Waals surface area (Å²) in [5.74, 6) is 0.511. The van der Waals surface area contributed by atoms with Crippen molar-refractivity contribution in [1.82, 2.24) is 4.98 Å². The lowest BCUT2D eigenvalue weighted by Gasteiger charge is -2.20. The van der Waals surface area contributed by atoms with E-state index in [4.69, 9.17) is 16.3 Å². The van der Waals surface area contributed by atoms with Gasteiger partial charge in [-0.2, -0.15) is 0 Å². The molecule has 20 heavy (non-hydrogen) atoms. The second-order valence-corrected chi connectivity index (χ2v) is 5.69. The zero-order valence-electron chi connectivity index (χ0n) is 11.5. The maximum absolute atomic E-state index is 12.3. The summed E-state index contributed by atoms with van der Waals surface area (Å²) in [7, 11) is 1.69. The van der Waals surface area contributed by atoms with Crippen LogP contribution in [0.25, 0.3) is 0 Å². The van der Waals surface area contributed by atoms with Gasteiger partial charge in [-0.25, -0.2) is 4.98 Å². The van der Waals surface area contributed by atoms with Crippen molar-refractivity contribution in [2.24, 2.45) is 0 Å². The van der Waals surface area contributed by atoms with E-state index in [-0.39, 0.29) is 5.91 Å². The van der Waals surface area contributed by atoms with Crippen molar-refractivity contribution in [3.05, 3.63) is 40.4 Å². The highest BCUT2D eigenvalue weighted by molar-refractivity contribution is 7.13. The number of ether oxygens (including phenoxy) is 1. The highest BCUT2D eigenvalue weighted by Crippen LogP contribution is 2.24. The van der Waals surface area contributed by atoms with Gasteiger partial charge < -0.3 is 4.74 Å². The molecule has 2 aromatic rings. The molecule has 4 nitrogen and oxygen atoms in total. The van der Waals surface area contributed by atoms with Crippen LogP contribution in [-0.2, 0) is 4.79 Å². The fraction of sp³-hybridized carbons (Fsp3) is 0.286. The summed E-state index contributed by atoms with van der Waals surface area (Å²) in [6.07, 6.45) is 1.07. The van der Waals surface area contributed by atoms with Crippen LogP contribution >= 0.6 is 22.9 Å². The molecule has 6 heteroatoms. The lowest BCUT2D eigenvalue weighted by molar-refractivity contribution is -0.124. The van der Waals surface area contributed by atoms with Crippen molar-refractivity contribution < 1.29 is 9.53 Å². The zero-order valence-corrected chi connectivity index (χ0v) is 13.0. The molecular weight excluding hydrogens is 296 g/mol. The van der Waals surface area contributed by atoms with E-state index in [0.717, 1.165) is 5.56 Å². The van der Waals surface area contributed by atoms with Crippen LogP contribution < -0.4 is 9.64 Å². The van der Waals surface area contributed by atoms with Gasteiger partial charge in [0.25, 0.3) is 5.91 Å². The molecule has 0 aliphatic carbocycles.